The minimum Gasteiger partial charge on any atom is -0.455 e. The second-order valence-corrected chi connectivity index (χ2v) is 10.8. The standard InChI is InChI=1S/C25H26NO4P/c27-24(15-7-3-1-4-8-15)29-22-13-18-19(21-12-17-11-20(18)26(21)31-17)14-23(22)30-25(28)16-9-5-2-6-10-16/h1-10,17-23,31H,11-14H2. The molecular weight excluding hydrogens is 409 g/mol. The first-order valence-corrected chi connectivity index (χ1v) is 12.3. The molecular formula is C25H26NO4P. The summed E-state index contributed by atoms with van der Waals surface area (Å²) in [7, 11) is 0.945. The Bertz CT molecular complexity index is 906. The molecule has 31 heavy (non-hydrogen) atoms. The molecule has 3 aliphatic heterocycles. The molecule has 0 spiro atoms. The van der Waals surface area contributed by atoms with Gasteiger partial charge in [0.15, 0.2) is 0 Å². The number of nitrogens with zero attached hydrogens (tertiary/aromatic N) is 1. The van der Waals surface area contributed by atoms with E-state index in [1.165, 1.54) is 12.8 Å². The van der Waals surface area contributed by atoms with Crippen molar-refractivity contribution in [3.05, 3.63) is 71.8 Å². The fourth-order valence-electron chi connectivity index (χ4n) is 6.30. The van der Waals surface area contributed by atoms with E-state index < -0.39 is 12.2 Å². The predicted octanol–water partition coefficient (Wildman–Crippen LogP) is 4.29. The van der Waals surface area contributed by atoms with E-state index in [9.17, 15) is 9.59 Å². The van der Waals surface area contributed by atoms with Crippen LogP contribution in [0.25, 0.3) is 0 Å². The van der Waals surface area contributed by atoms with Crippen LogP contribution in [0, 0.1) is 11.8 Å². The summed E-state index contributed by atoms with van der Waals surface area (Å²) in [5.41, 5.74) is 1.92. The van der Waals surface area contributed by atoms with Crippen molar-refractivity contribution >= 4 is 20.7 Å². The van der Waals surface area contributed by atoms with Crippen molar-refractivity contribution in [2.75, 3.05) is 0 Å². The van der Waals surface area contributed by atoms with Crippen LogP contribution in [0.2, 0.25) is 0 Å². The first-order chi connectivity index (χ1) is 15.2. The van der Waals surface area contributed by atoms with Crippen molar-refractivity contribution in [1.29, 1.82) is 0 Å². The van der Waals surface area contributed by atoms with Gasteiger partial charge in [-0.15, -0.1) is 0 Å². The van der Waals surface area contributed by atoms with Gasteiger partial charge >= 0.3 is 11.9 Å². The third-order valence-electron chi connectivity index (χ3n) is 7.60. The molecule has 6 rings (SSSR count). The van der Waals surface area contributed by atoms with E-state index in [0.717, 1.165) is 27.2 Å². The minimum atomic E-state index is -0.400. The van der Waals surface area contributed by atoms with Crippen LogP contribution < -0.4 is 0 Å². The smallest absolute Gasteiger partial charge is 0.338 e. The van der Waals surface area contributed by atoms with Gasteiger partial charge in [0.1, 0.15) is 12.2 Å². The van der Waals surface area contributed by atoms with Gasteiger partial charge in [0.05, 0.1) is 11.1 Å². The number of rotatable bonds is 4. The highest BCUT2D eigenvalue weighted by molar-refractivity contribution is 7.37. The van der Waals surface area contributed by atoms with Crippen molar-refractivity contribution < 1.29 is 19.1 Å². The zero-order valence-electron chi connectivity index (χ0n) is 17.2. The molecule has 7 atom stereocenters. The van der Waals surface area contributed by atoms with Crippen molar-refractivity contribution in [2.24, 2.45) is 11.8 Å². The summed E-state index contributed by atoms with van der Waals surface area (Å²) in [6.45, 7) is 0. The van der Waals surface area contributed by atoms with E-state index in [0.29, 0.717) is 35.0 Å². The number of hydrogen-bond acceptors (Lipinski definition) is 5. The molecule has 6 heteroatoms. The monoisotopic (exact) mass is 435 g/mol. The lowest BCUT2D eigenvalue weighted by molar-refractivity contribution is -0.0723. The van der Waals surface area contributed by atoms with Crippen LogP contribution in [0.15, 0.2) is 60.7 Å². The summed E-state index contributed by atoms with van der Waals surface area (Å²) >= 11 is 0. The van der Waals surface area contributed by atoms with Crippen LogP contribution in [0.4, 0.5) is 0 Å². The Morgan fingerprint density at radius 3 is 1.58 bits per heavy atom. The number of carbonyl (C=O) groups excluding carboxylic acids is 2. The van der Waals surface area contributed by atoms with Gasteiger partial charge in [0.25, 0.3) is 0 Å². The molecule has 160 valence electrons. The van der Waals surface area contributed by atoms with E-state index in [1.54, 1.807) is 24.3 Å². The Balaban J connectivity index is 1.25. The first-order valence-electron chi connectivity index (χ1n) is 11.2. The maximum atomic E-state index is 12.8. The van der Waals surface area contributed by atoms with Crippen LogP contribution in [0.5, 0.6) is 0 Å². The quantitative estimate of drug-likeness (QED) is 0.530. The lowest BCUT2D eigenvalue weighted by atomic mass is 9.74. The number of fused-ring (bicyclic) bond motifs is 4. The minimum absolute atomic E-state index is 0.336. The number of piperidine rings is 1. The van der Waals surface area contributed by atoms with Crippen LogP contribution in [-0.2, 0) is 9.47 Å². The molecule has 0 amide bonds. The molecule has 5 nitrogen and oxygen atoms in total. The molecule has 1 saturated carbocycles. The summed E-state index contributed by atoms with van der Waals surface area (Å²) in [5, 5.41) is 0. The van der Waals surface area contributed by atoms with Crippen LogP contribution >= 0.6 is 8.73 Å². The molecule has 0 aromatic heterocycles. The molecule has 3 saturated heterocycles. The van der Waals surface area contributed by atoms with Crippen LogP contribution in [0.3, 0.4) is 0 Å². The fourth-order valence-corrected chi connectivity index (χ4v) is 8.40. The van der Waals surface area contributed by atoms with Gasteiger partial charge in [0, 0.05) is 12.1 Å². The predicted molar refractivity (Wildman–Crippen MR) is 118 cm³/mol. The second-order valence-electron chi connectivity index (χ2n) is 9.26. The van der Waals surface area contributed by atoms with Gasteiger partial charge in [-0.25, -0.2) is 9.59 Å². The number of hydrogen-bond donors (Lipinski definition) is 0. The van der Waals surface area contributed by atoms with Crippen molar-refractivity contribution in [1.82, 2.24) is 4.67 Å². The Hall–Kier alpha value is -2.23. The summed E-state index contributed by atoms with van der Waals surface area (Å²) < 4.78 is 14.7. The number of benzene rings is 2. The molecule has 7 unspecified atom stereocenters. The van der Waals surface area contributed by atoms with Gasteiger partial charge in [-0.3, -0.25) is 4.67 Å². The van der Waals surface area contributed by atoms with E-state index in [4.69, 9.17) is 9.47 Å². The van der Waals surface area contributed by atoms with Crippen molar-refractivity contribution in [3.8, 4) is 0 Å². The Morgan fingerprint density at radius 1 is 0.710 bits per heavy atom. The SMILES string of the molecule is O=C(OC1CC2C(CC1OC(=O)c1ccccc1)C1CC3CC2N1P3)c1ccccc1. The molecule has 2 aromatic rings. The second kappa shape index (κ2) is 7.72. The van der Waals surface area contributed by atoms with Crippen LogP contribution in [0.1, 0.15) is 46.4 Å². The van der Waals surface area contributed by atoms with Gasteiger partial charge in [-0.1, -0.05) is 36.4 Å². The largest absolute Gasteiger partial charge is 0.455 e. The Kier molecular flexibility index (Phi) is 4.85. The highest BCUT2D eigenvalue weighted by Crippen LogP contribution is 2.63. The molecule has 3 heterocycles. The van der Waals surface area contributed by atoms with E-state index in [-0.39, 0.29) is 11.9 Å². The third-order valence-corrected chi connectivity index (χ3v) is 9.39. The zero-order valence-corrected chi connectivity index (χ0v) is 18.2. The zero-order chi connectivity index (χ0) is 20.9. The molecule has 2 aromatic carbocycles. The van der Waals surface area contributed by atoms with E-state index in [2.05, 4.69) is 4.67 Å². The van der Waals surface area contributed by atoms with Gasteiger partial charge in [-0.2, -0.15) is 0 Å². The topological polar surface area (TPSA) is 55.8 Å². The van der Waals surface area contributed by atoms with Crippen molar-refractivity contribution in [3.63, 3.8) is 0 Å². The summed E-state index contributed by atoms with van der Waals surface area (Å²) in [5.74, 6) is 0.394. The average molecular weight is 435 g/mol. The number of ether oxygens (including phenoxy) is 2. The highest BCUT2D eigenvalue weighted by Gasteiger charge is 2.61. The lowest BCUT2D eigenvalue weighted by Gasteiger charge is -2.39. The molecule has 4 fully saturated rings. The summed E-state index contributed by atoms with van der Waals surface area (Å²) in [6.07, 6.45) is 3.33. The molecule has 4 aliphatic rings. The average Bonchev–Trinajstić information content (AvgIpc) is 3.45. The normalized spacial score (nSPS) is 36.3. The van der Waals surface area contributed by atoms with Crippen molar-refractivity contribution in [2.45, 2.75) is 55.6 Å². The lowest BCUT2D eigenvalue weighted by Crippen LogP contribution is -2.45. The van der Waals surface area contributed by atoms with Crippen LogP contribution in [-0.4, -0.2) is 46.6 Å². The fraction of sp³-hybridized carbons (Fsp3) is 0.440. The van der Waals surface area contributed by atoms with Gasteiger partial charge in [0.2, 0.25) is 0 Å². The van der Waals surface area contributed by atoms with E-state index >= 15 is 0 Å². The highest BCUT2D eigenvalue weighted by atomic mass is 31.1. The maximum Gasteiger partial charge on any atom is 0.338 e. The van der Waals surface area contributed by atoms with Gasteiger partial charge in [-0.05, 0) is 76.2 Å². The molecule has 2 bridgehead atoms. The number of esters is 2. The maximum absolute atomic E-state index is 12.8. The Morgan fingerprint density at radius 2 is 1.16 bits per heavy atom. The first kappa shape index (κ1) is 19.5. The summed E-state index contributed by atoms with van der Waals surface area (Å²) in [4.78, 5) is 25.7. The molecule has 1 aliphatic carbocycles. The third kappa shape index (κ3) is 3.39. The summed E-state index contributed by atoms with van der Waals surface area (Å²) in [6, 6.07) is 19.4. The van der Waals surface area contributed by atoms with E-state index in [1.807, 2.05) is 36.4 Å². The van der Waals surface area contributed by atoms with Gasteiger partial charge < -0.3 is 9.47 Å². The Labute approximate surface area is 183 Å². The molecule has 0 radical (unpaired) electrons. The molecule has 0 N–H and O–H groups in total. The number of carbonyl (C=O) groups is 2.